The van der Waals surface area contributed by atoms with Gasteiger partial charge in [-0.25, -0.2) is 0 Å². The topological polar surface area (TPSA) is 50.3 Å². The molecule has 344 valence electrons. The largest absolute Gasteiger partial charge is 0.339 e. The van der Waals surface area contributed by atoms with E-state index in [4.69, 9.17) is 0 Å². The van der Waals surface area contributed by atoms with E-state index < -0.39 is 0 Å². The second-order valence-corrected chi connectivity index (χ2v) is 18.3. The molecule has 0 aliphatic carbocycles. The zero-order valence-electron chi connectivity index (χ0n) is 40.2. The number of carbonyl (C=O) groups excluding carboxylic acids is 2. The highest BCUT2D eigenvalue weighted by Gasteiger charge is 2.24. The Kier molecular flexibility index (Phi) is 38.9. The van der Waals surface area contributed by atoms with E-state index in [-0.39, 0.29) is 11.8 Å². The lowest BCUT2D eigenvalue weighted by molar-refractivity contribution is -0.140. The average molecular weight is 818 g/mol. The number of unbranched alkanes of at least 4 members (excludes halogenated alkanes) is 24. The SMILES string of the molecule is CCCCCCCCCN(CCC)CCC(=O)N1CCN(C(=O)CCN(CCCCCCCCC)CCN(CCCCCCCCC)CCCCCCCCC)CC1. The fourth-order valence-corrected chi connectivity index (χ4v) is 8.80. The second-order valence-electron chi connectivity index (χ2n) is 18.3. The summed E-state index contributed by atoms with van der Waals surface area (Å²) in [4.78, 5) is 38.8. The first-order chi connectivity index (χ1) is 28.5. The van der Waals surface area contributed by atoms with E-state index in [1.165, 1.54) is 193 Å². The fourth-order valence-electron chi connectivity index (χ4n) is 8.80. The Balaban J connectivity index is 2.62. The lowest BCUT2D eigenvalue weighted by atomic mass is 10.1. The van der Waals surface area contributed by atoms with E-state index in [2.05, 4.69) is 49.3 Å². The fraction of sp³-hybridized carbons (Fsp3) is 0.961. The standard InChI is InChI=1S/C51H103N5O2/c1-6-11-15-19-23-27-31-38-52(37-10-5)42-35-50(57)55-46-48-56(49-47-55)51(58)36-43-54(41-34-30-26-22-18-14-9-4)45-44-53(39-32-28-24-20-16-12-7-2)40-33-29-25-21-17-13-8-3/h6-49H2,1-5H3. The van der Waals surface area contributed by atoms with Crippen molar-refractivity contribution in [3.63, 3.8) is 0 Å². The molecule has 1 aliphatic heterocycles. The third kappa shape index (κ3) is 31.7. The first-order valence-corrected chi connectivity index (χ1v) is 26.2. The molecule has 0 spiro atoms. The highest BCUT2D eigenvalue weighted by atomic mass is 16.2. The summed E-state index contributed by atoms with van der Waals surface area (Å²) in [6, 6.07) is 0. The number of hydrogen-bond donors (Lipinski definition) is 0. The van der Waals surface area contributed by atoms with Crippen molar-refractivity contribution in [3.05, 3.63) is 0 Å². The molecular weight excluding hydrogens is 715 g/mol. The molecule has 2 amide bonds. The van der Waals surface area contributed by atoms with Gasteiger partial charge in [0, 0.05) is 65.2 Å². The van der Waals surface area contributed by atoms with E-state index in [0.717, 1.165) is 52.2 Å². The van der Waals surface area contributed by atoms with E-state index >= 15 is 0 Å². The summed E-state index contributed by atoms with van der Waals surface area (Å²) >= 11 is 0. The molecule has 0 unspecified atom stereocenters. The summed E-state index contributed by atoms with van der Waals surface area (Å²) in [5, 5.41) is 0. The van der Waals surface area contributed by atoms with Gasteiger partial charge >= 0.3 is 0 Å². The number of nitrogens with zero attached hydrogens (tertiary/aromatic N) is 5. The number of amides is 2. The van der Waals surface area contributed by atoms with Gasteiger partial charge in [0.25, 0.3) is 0 Å². The molecule has 0 aromatic rings. The molecular formula is C51H103N5O2. The van der Waals surface area contributed by atoms with Crippen molar-refractivity contribution in [2.75, 3.05) is 85.1 Å². The Morgan fingerprint density at radius 3 is 0.810 bits per heavy atom. The summed E-state index contributed by atoms with van der Waals surface area (Å²) in [5.74, 6) is 0.551. The Hall–Kier alpha value is -1.18. The average Bonchev–Trinajstić information content (AvgIpc) is 3.24. The normalized spacial score (nSPS) is 13.5. The van der Waals surface area contributed by atoms with Crippen LogP contribution in [0.25, 0.3) is 0 Å². The maximum atomic E-state index is 13.6. The lowest BCUT2D eigenvalue weighted by Crippen LogP contribution is -2.51. The summed E-state index contributed by atoms with van der Waals surface area (Å²) in [6.07, 6.45) is 40.1. The minimum absolute atomic E-state index is 0.270. The zero-order valence-corrected chi connectivity index (χ0v) is 40.2. The zero-order chi connectivity index (χ0) is 42.2. The number of piperazine rings is 1. The summed E-state index contributed by atoms with van der Waals surface area (Å²) in [7, 11) is 0. The van der Waals surface area contributed by atoms with E-state index in [9.17, 15) is 9.59 Å². The van der Waals surface area contributed by atoms with Crippen LogP contribution in [0.4, 0.5) is 0 Å². The Morgan fingerprint density at radius 2 is 0.534 bits per heavy atom. The molecule has 0 bridgehead atoms. The first kappa shape index (κ1) is 54.8. The maximum absolute atomic E-state index is 13.6. The van der Waals surface area contributed by atoms with Crippen molar-refractivity contribution < 1.29 is 9.59 Å². The summed E-state index contributed by atoms with van der Waals surface area (Å²) in [6.45, 7) is 23.9. The molecule has 0 aromatic carbocycles. The van der Waals surface area contributed by atoms with Gasteiger partial charge < -0.3 is 24.5 Å². The van der Waals surface area contributed by atoms with Gasteiger partial charge in [0.1, 0.15) is 0 Å². The van der Waals surface area contributed by atoms with Gasteiger partial charge in [-0.05, 0) is 64.8 Å². The van der Waals surface area contributed by atoms with Gasteiger partial charge in [-0.15, -0.1) is 0 Å². The van der Waals surface area contributed by atoms with Gasteiger partial charge in [-0.3, -0.25) is 9.59 Å². The van der Waals surface area contributed by atoms with Crippen molar-refractivity contribution in [1.82, 2.24) is 24.5 Å². The molecule has 1 fully saturated rings. The number of rotatable bonds is 43. The van der Waals surface area contributed by atoms with Crippen LogP contribution in [-0.2, 0) is 9.59 Å². The third-order valence-corrected chi connectivity index (χ3v) is 12.9. The van der Waals surface area contributed by atoms with Gasteiger partial charge in [0.05, 0.1) is 0 Å². The van der Waals surface area contributed by atoms with Crippen molar-refractivity contribution >= 4 is 11.8 Å². The highest BCUT2D eigenvalue weighted by Crippen LogP contribution is 2.14. The molecule has 0 N–H and O–H groups in total. The van der Waals surface area contributed by atoms with E-state index in [0.29, 0.717) is 39.0 Å². The molecule has 58 heavy (non-hydrogen) atoms. The smallest absolute Gasteiger partial charge is 0.223 e. The van der Waals surface area contributed by atoms with Crippen molar-refractivity contribution in [2.24, 2.45) is 0 Å². The Morgan fingerprint density at radius 1 is 0.293 bits per heavy atom. The summed E-state index contributed by atoms with van der Waals surface area (Å²) < 4.78 is 0. The van der Waals surface area contributed by atoms with Gasteiger partial charge in [0.2, 0.25) is 11.8 Å². The van der Waals surface area contributed by atoms with Crippen LogP contribution >= 0.6 is 0 Å². The van der Waals surface area contributed by atoms with Crippen molar-refractivity contribution in [2.45, 2.75) is 234 Å². The number of carbonyl (C=O) groups is 2. The second kappa shape index (κ2) is 41.2. The minimum atomic E-state index is 0.270. The molecule has 1 saturated heterocycles. The summed E-state index contributed by atoms with van der Waals surface area (Å²) in [5.41, 5.74) is 0. The molecule has 0 radical (unpaired) electrons. The van der Waals surface area contributed by atoms with Crippen molar-refractivity contribution in [3.8, 4) is 0 Å². The van der Waals surface area contributed by atoms with E-state index in [1.807, 2.05) is 9.80 Å². The molecule has 7 heteroatoms. The highest BCUT2D eigenvalue weighted by molar-refractivity contribution is 5.78. The third-order valence-electron chi connectivity index (χ3n) is 12.9. The van der Waals surface area contributed by atoms with Crippen LogP contribution in [0.2, 0.25) is 0 Å². The first-order valence-electron chi connectivity index (χ1n) is 26.2. The molecule has 0 aromatic heterocycles. The predicted octanol–water partition coefficient (Wildman–Crippen LogP) is 12.8. The van der Waals surface area contributed by atoms with Crippen LogP contribution in [0.15, 0.2) is 0 Å². The van der Waals surface area contributed by atoms with Crippen LogP contribution in [0.3, 0.4) is 0 Å². The quantitative estimate of drug-likeness (QED) is 0.0574. The van der Waals surface area contributed by atoms with Gasteiger partial charge in [-0.2, -0.15) is 0 Å². The molecule has 1 heterocycles. The molecule has 1 aliphatic rings. The predicted molar refractivity (Wildman–Crippen MR) is 254 cm³/mol. The van der Waals surface area contributed by atoms with Crippen LogP contribution in [0.5, 0.6) is 0 Å². The molecule has 0 saturated carbocycles. The molecule has 0 atom stereocenters. The monoisotopic (exact) mass is 818 g/mol. The van der Waals surface area contributed by atoms with Crippen LogP contribution < -0.4 is 0 Å². The van der Waals surface area contributed by atoms with Crippen LogP contribution in [0, 0.1) is 0 Å². The molecule has 1 rings (SSSR count). The number of hydrogen-bond acceptors (Lipinski definition) is 5. The van der Waals surface area contributed by atoms with Crippen LogP contribution in [0.1, 0.15) is 234 Å². The van der Waals surface area contributed by atoms with Gasteiger partial charge in [0.15, 0.2) is 0 Å². The van der Waals surface area contributed by atoms with Crippen LogP contribution in [-0.4, -0.2) is 121 Å². The Labute approximate surface area is 363 Å². The van der Waals surface area contributed by atoms with Gasteiger partial charge in [-0.1, -0.05) is 189 Å². The van der Waals surface area contributed by atoms with E-state index in [1.54, 1.807) is 0 Å². The molecule has 7 nitrogen and oxygen atoms in total. The lowest BCUT2D eigenvalue weighted by Gasteiger charge is -2.36. The minimum Gasteiger partial charge on any atom is -0.339 e. The van der Waals surface area contributed by atoms with Crippen molar-refractivity contribution in [1.29, 1.82) is 0 Å². The Bertz CT molecular complexity index is 876. The maximum Gasteiger partial charge on any atom is 0.223 e.